The molecule has 0 fully saturated rings. The highest BCUT2D eigenvalue weighted by Gasteiger charge is 2.09. The Morgan fingerprint density at radius 3 is 2.08 bits per heavy atom. The van der Waals surface area contributed by atoms with Crippen molar-refractivity contribution >= 4 is 17.5 Å². The van der Waals surface area contributed by atoms with Gasteiger partial charge in [-0.3, -0.25) is 5.01 Å². The lowest BCUT2D eigenvalue weighted by molar-refractivity contribution is 1.02. The highest BCUT2D eigenvalue weighted by atomic mass is 15.4. The number of benzene rings is 2. The molecule has 0 heterocycles. The summed E-state index contributed by atoms with van der Waals surface area (Å²) >= 11 is 0. The van der Waals surface area contributed by atoms with E-state index in [9.17, 15) is 0 Å². The summed E-state index contributed by atoms with van der Waals surface area (Å²) in [4.78, 5) is 0. The third kappa shape index (κ3) is 3.85. The number of allylic oxidation sites excluding steroid dienone is 2. The van der Waals surface area contributed by atoms with Crippen LogP contribution in [0.5, 0.6) is 0 Å². The van der Waals surface area contributed by atoms with Crippen molar-refractivity contribution in [3.63, 3.8) is 0 Å². The normalized spacial score (nSPS) is 9.58. The SMILES string of the molecule is CN(N=Cc1ccccc1)c1ccc(C(C#N)=C(C#N)C#N)cc1. The molecule has 0 aliphatic heterocycles. The molecular formula is C19H13N5. The highest BCUT2D eigenvalue weighted by molar-refractivity contribution is 5.85. The highest BCUT2D eigenvalue weighted by Crippen LogP contribution is 2.21. The van der Waals surface area contributed by atoms with Crippen LogP contribution in [-0.2, 0) is 0 Å². The Kier molecular flexibility index (Phi) is 5.45. The van der Waals surface area contributed by atoms with Crippen molar-refractivity contribution in [3.8, 4) is 18.2 Å². The van der Waals surface area contributed by atoms with Crippen LogP contribution in [0.4, 0.5) is 5.69 Å². The Hall–Kier alpha value is -3.88. The van der Waals surface area contributed by atoms with Gasteiger partial charge >= 0.3 is 0 Å². The quantitative estimate of drug-likeness (QED) is 0.491. The summed E-state index contributed by atoms with van der Waals surface area (Å²) in [6.07, 6.45) is 1.75. The van der Waals surface area contributed by atoms with Crippen LogP contribution in [0.2, 0.25) is 0 Å². The van der Waals surface area contributed by atoms with E-state index in [0.717, 1.165) is 11.3 Å². The lowest BCUT2D eigenvalue weighted by Gasteiger charge is -2.13. The van der Waals surface area contributed by atoms with Crippen molar-refractivity contribution in [1.82, 2.24) is 0 Å². The summed E-state index contributed by atoms with van der Waals surface area (Å²) < 4.78 is 0. The lowest BCUT2D eigenvalue weighted by Crippen LogP contribution is -2.08. The molecule has 0 bridgehead atoms. The Labute approximate surface area is 140 Å². The Morgan fingerprint density at radius 1 is 0.917 bits per heavy atom. The van der Waals surface area contributed by atoms with Crippen LogP contribution in [-0.4, -0.2) is 13.3 Å². The van der Waals surface area contributed by atoms with E-state index in [1.807, 2.05) is 43.4 Å². The maximum absolute atomic E-state index is 9.16. The van der Waals surface area contributed by atoms with Crippen molar-refractivity contribution in [1.29, 1.82) is 15.8 Å². The maximum atomic E-state index is 9.16. The number of nitrogens with zero attached hydrogens (tertiary/aromatic N) is 5. The van der Waals surface area contributed by atoms with Gasteiger partial charge in [0.2, 0.25) is 0 Å². The molecule has 0 aliphatic carbocycles. The third-order valence-corrected chi connectivity index (χ3v) is 3.29. The molecule has 24 heavy (non-hydrogen) atoms. The minimum absolute atomic E-state index is 0.0713. The van der Waals surface area contributed by atoms with E-state index in [-0.39, 0.29) is 11.1 Å². The fourth-order valence-corrected chi connectivity index (χ4v) is 2.00. The average Bonchev–Trinajstić information content (AvgIpc) is 2.65. The fourth-order valence-electron chi connectivity index (χ4n) is 2.00. The average molecular weight is 311 g/mol. The molecule has 5 nitrogen and oxygen atoms in total. The molecule has 0 atom stereocenters. The molecule has 0 saturated heterocycles. The molecule has 0 saturated carbocycles. The maximum Gasteiger partial charge on any atom is 0.148 e. The number of rotatable bonds is 4. The Balaban J connectivity index is 2.22. The van der Waals surface area contributed by atoms with Crippen molar-refractivity contribution in [2.75, 3.05) is 12.1 Å². The second-order valence-electron chi connectivity index (χ2n) is 4.81. The van der Waals surface area contributed by atoms with Crippen molar-refractivity contribution in [2.24, 2.45) is 5.10 Å². The minimum atomic E-state index is -0.194. The van der Waals surface area contributed by atoms with Crippen molar-refractivity contribution < 1.29 is 0 Å². The molecule has 0 unspecified atom stereocenters. The molecule has 0 radical (unpaired) electrons. The first-order valence-corrected chi connectivity index (χ1v) is 7.07. The van der Waals surface area contributed by atoms with Gasteiger partial charge in [-0.25, -0.2) is 0 Å². The molecule has 2 aromatic carbocycles. The van der Waals surface area contributed by atoms with Gasteiger partial charge in [0.05, 0.1) is 17.5 Å². The molecule has 114 valence electrons. The predicted octanol–water partition coefficient (Wildman–Crippen LogP) is 3.48. The van der Waals surface area contributed by atoms with Crippen molar-refractivity contribution in [3.05, 3.63) is 71.3 Å². The molecule has 2 rings (SSSR count). The van der Waals surface area contributed by atoms with E-state index < -0.39 is 0 Å². The van der Waals surface area contributed by atoms with Crippen LogP contribution < -0.4 is 5.01 Å². The first-order valence-electron chi connectivity index (χ1n) is 7.07. The van der Waals surface area contributed by atoms with Gasteiger partial charge in [0.25, 0.3) is 0 Å². The van der Waals surface area contributed by atoms with E-state index in [1.54, 1.807) is 47.6 Å². The first kappa shape index (κ1) is 16.5. The van der Waals surface area contributed by atoms with E-state index in [2.05, 4.69) is 5.10 Å². The molecule has 0 N–H and O–H groups in total. The number of nitriles is 3. The van der Waals surface area contributed by atoms with Crippen molar-refractivity contribution in [2.45, 2.75) is 0 Å². The standard InChI is InChI=1S/C19H13N5/c1-24(23-14-15-5-3-2-4-6-15)18-9-7-16(8-10-18)19(13-22)17(11-20)12-21/h2-10,14H,1H3. The fraction of sp³-hybridized carbons (Fsp3) is 0.0526. The third-order valence-electron chi connectivity index (χ3n) is 3.29. The van der Waals surface area contributed by atoms with Crippen LogP contribution in [0, 0.1) is 34.0 Å². The number of hydrazone groups is 1. The second kappa shape index (κ2) is 7.94. The van der Waals surface area contributed by atoms with Gasteiger partial charge in [0.1, 0.15) is 23.8 Å². The predicted molar refractivity (Wildman–Crippen MR) is 92.6 cm³/mol. The van der Waals surface area contributed by atoms with E-state index in [1.165, 1.54) is 0 Å². The van der Waals surface area contributed by atoms with Gasteiger partial charge in [0.15, 0.2) is 0 Å². The van der Waals surface area contributed by atoms with Crippen LogP contribution >= 0.6 is 0 Å². The second-order valence-corrected chi connectivity index (χ2v) is 4.81. The number of hydrogen-bond acceptors (Lipinski definition) is 5. The van der Waals surface area contributed by atoms with E-state index >= 15 is 0 Å². The van der Waals surface area contributed by atoms with Gasteiger partial charge < -0.3 is 0 Å². The smallest absolute Gasteiger partial charge is 0.148 e. The summed E-state index contributed by atoms with van der Waals surface area (Å²) in [5, 5.41) is 33.0. The lowest BCUT2D eigenvalue weighted by atomic mass is 10.0. The van der Waals surface area contributed by atoms with Crippen LogP contribution in [0.3, 0.4) is 0 Å². The van der Waals surface area contributed by atoms with Crippen LogP contribution in [0.1, 0.15) is 11.1 Å². The summed E-state index contributed by atoms with van der Waals surface area (Å²) in [6, 6.07) is 22.1. The summed E-state index contributed by atoms with van der Waals surface area (Å²) in [6.45, 7) is 0. The Morgan fingerprint density at radius 2 is 1.54 bits per heavy atom. The zero-order chi connectivity index (χ0) is 17.4. The molecule has 0 aromatic heterocycles. The largest absolute Gasteiger partial charge is 0.269 e. The topological polar surface area (TPSA) is 87.0 Å². The zero-order valence-corrected chi connectivity index (χ0v) is 13.0. The van der Waals surface area contributed by atoms with Gasteiger partial charge in [-0.05, 0) is 23.3 Å². The van der Waals surface area contributed by atoms with Gasteiger partial charge in [-0.2, -0.15) is 20.9 Å². The molecule has 0 amide bonds. The van der Waals surface area contributed by atoms with E-state index in [4.69, 9.17) is 15.8 Å². The number of hydrogen-bond donors (Lipinski definition) is 0. The monoisotopic (exact) mass is 311 g/mol. The zero-order valence-electron chi connectivity index (χ0n) is 13.0. The summed E-state index contributed by atoms with van der Waals surface area (Å²) in [5.74, 6) is 0. The minimum Gasteiger partial charge on any atom is -0.269 e. The summed E-state index contributed by atoms with van der Waals surface area (Å²) in [7, 11) is 1.81. The molecule has 5 heteroatoms. The van der Waals surface area contributed by atoms with Crippen LogP contribution in [0.25, 0.3) is 5.57 Å². The Bertz CT molecular complexity index is 872. The van der Waals surface area contributed by atoms with Crippen LogP contribution in [0.15, 0.2) is 65.3 Å². The molecule has 2 aromatic rings. The molecular weight excluding hydrogens is 298 g/mol. The van der Waals surface area contributed by atoms with E-state index in [0.29, 0.717) is 5.56 Å². The molecule has 0 aliphatic rings. The molecule has 0 spiro atoms. The number of anilines is 1. The summed E-state index contributed by atoms with van der Waals surface area (Å²) in [5.41, 5.74) is 2.21. The van der Waals surface area contributed by atoms with Gasteiger partial charge in [0, 0.05) is 7.05 Å². The van der Waals surface area contributed by atoms with Gasteiger partial charge in [-0.1, -0.05) is 42.5 Å². The van der Waals surface area contributed by atoms with Gasteiger partial charge in [-0.15, -0.1) is 0 Å². The first-order chi connectivity index (χ1) is 11.7.